The summed E-state index contributed by atoms with van der Waals surface area (Å²) in [6.45, 7) is 8.37. The first-order chi connectivity index (χ1) is 8.11. The fourth-order valence-corrected chi connectivity index (χ4v) is 2.18. The predicted octanol–water partition coefficient (Wildman–Crippen LogP) is 3.68. The largest absolute Gasteiger partial charge is 0.370 e. The zero-order valence-electron chi connectivity index (χ0n) is 11.3. The van der Waals surface area contributed by atoms with Crippen LogP contribution in [0.15, 0.2) is 18.2 Å². The van der Waals surface area contributed by atoms with Crippen molar-refractivity contribution in [2.45, 2.75) is 39.8 Å². The van der Waals surface area contributed by atoms with Gasteiger partial charge in [0.05, 0.1) is 10.7 Å². The van der Waals surface area contributed by atoms with Gasteiger partial charge in [0.2, 0.25) is 0 Å². The molecule has 3 heteroatoms. The number of halogens is 1. The lowest BCUT2D eigenvalue weighted by Crippen LogP contribution is -2.30. The lowest BCUT2D eigenvalue weighted by atomic mass is 10.1. The van der Waals surface area contributed by atoms with Crippen molar-refractivity contribution in [1.82, 2.24) is 5.32 Å². The van der Waals surface area contributed by atoms with Crippen LogP contribution in [0.5, 0.6) is 0 Å². The normalized spacial score (nSPS) is 12.5. The maximum absolute atomic E-state index is 6.33. The molecule has 0 spiro atoms. The van der Waals surface area contributed by atoms with Crippen LogP contribution in [-0.2, 0) is 6.54 Å². The van der Waals surface area contributed by atoms with E-state index in [0.717, 1.165) is 30.2 Å². The van der Waals surface area contributed by atoms with Gasteiger partial charge in [-0.05, 0) is 31.5 Å². The molecule has 0 heterocycles. The van der Waals surface area contributed by atoms with Crippen molar-refractivity contribution in [2.24, 2.45) is 0 Å². The van der Waals surface area contributed by atoms with Gasteiger partial charge in [0, 0.05) is 19.6 Å². The second-order valence-electron chi connectivity index (χ2n) is 4.40. The van der Waals surface area contributed by atoms with Crippen molar-refractivity contribution >= 4 is 17.3 Å². The van der Waals surface area contributed by atoms with E-state index in [1.807, 2.05) is 12.1 Å². The standard InChI is InChI=1S/C14H23ClN2/c1-5-11(3)17(4)14-12(10-16-6-2)8-7-9-13(14)15/h7-9,11,16H,5-6,10H2,1-4H3. The molecule has 0 aliphatic rings. The fraction of sp³-hybridized carbons (Fsp3) is 0.571. The van der Waals surface area contributed by atoms with Gasteiger partial charge in [-0.1, -0.05) is 37.6 Å². The summed E-state index contributed by atoms with van der Waals surface area (Å²) in [6.07, 6.45) is 1.11. The van der Waals surface area contributed by atoms with Gasteiger partial charge in [-0.15, -0.1) is 0 Å². The topological polar surface area (TPSA) is 15.3 Å². The van der Waals surface area contributed by atoms with Crippen LogP contribution in [0.1, 0.15) is 32.8 Å². The number of nitrogens with zero attached hydrogens (tertiary/aromatic N) is 1. The van der Waals surface area contributed by atoms with Crippen LogP contribution < -0.4 is 10.2 Å². The lowest BCUT2D eigenvalue weighted by molar-refractivity contribution is 0.655. The summed E-state index contributed by atoms with van der Waals surface area (Å²) in [5.41, 5.74) is 2.42. The third-order valence-electron chi connectivity index (χ3n) is 3.24. The van der Waals surface area contributed by atoms with E-state index in [2.05, 4.69) is 44.1 Å². The highest BCUT2D eigenvalue weighted by molar-refractivity contribution is 6.33. The van der Waals surface area contributed by atoms with Crippen LogP contribution in [0, 0.1) is 0 Å². The summed E-state index contributed by atoms with van der Waals surface area (Å²) in [5, 5.41) is 4.19. The zero-order chi connectivity index (χ0) is 12.8. The van der Waals surface area contributed by atoms with Crippen LogP contribution in [0.2, 0.25) is 5.02 Å². The Kier molecular flexibility index (Phi) is 5.79. The van der Waals surface area contributed by atoms with E-state index in [1.54, 1.807) is 0 Å². The average molecular weight is 255 g/mol. The smallest absolute Gasteiger partial charge is 0.0642 e. The van der Waals surface area contributed by atoms with E-state index in [4.69, 9.17) is 11.6 Å². The van der Waals surface area contributed by atoms with Gasteiger partial charge < -0.3 is 10.2 Å². The summed E-state index contributed by atoms with van der Waals surface area (Å²) in [6, 6.07) is 6.62. The van der Waals surface area contributed by atoms with Crippen molar-refractivity contribution < 1.29 is 0 Å². The number of anilines is 1. The Labute approximate surface area is 110 Å². The van der Waals surface area contributed by atoms with E-state index in [0.29, 0.717) is 6.04 Å². The maximum Gasteiger partial charge on any atom is 0.0642 e. The Hall–Kier alpha value is -0.730. The lowest BCUT2D eigenvalue weighted by Gasteiger charge is -2.29. The van der Waals surface area contributed by atoms with Crippen molar-refractivity contribution in [3.63, 3.8) is 0 Å². The Morgan fingerprint density at radius 2 is 2.06 bits per heavy atom. The van der Waals surface area contributed by atoms with E-state index in [-0.39, 0.29) is 0 Å². The molecule has 1 aromatic rings. The summed E-state index contributed by atoms with van der Waals surface area (Å²) < 4.78 is 0. The molecule has 96 valence electrons. The van der Waals surface area contributed by atoms with Gasteiger partial charge in [-0.2, -0.15) is 0 Å². The first kappa shape index (κ1) is 14.3. The average Bonchev–Trinajstić information content (AvgIpc) is 2.34. The van der Waals surface area contributed by atoms with Crippen molar-refractivity contribution in [1.29, 1.82) is 0 Å². The number of rotatable bonds is 6. The molecule has 2 nitrogen and oxygen atoms in total. The van der Waals surface area contributed by atoms with Gasteiger partial charge in [-0.25, -0.2) is 0 Å². The summed E-state index contributed by atoms with van der Waals surface area (Å²) >= 11 is 6.33. The molecule has 1 atom stereocenters. The van der Waals surface area contributed by atoms with Crippen LogP contribution in [0.4, 0.5) is 5.69 Å². The maximum atomic E-state index is 6.33. The highest BCUT2D eigenvalue weighted by Gasteiger charge is 2.15. The van der Waals surface area contributed by atoms with Crippen molar-refractivity contribution in [2.75, 3.05) is 18.5 Å². The van der Waals surface area contributed by atoms with Crippen LogP contribution in [-0.4, -0.2) is 19.6 Å². The minimum atomic E-state index is 0.496. The third-order valence-corrected chi connectivity index (χ3v) is 3.55. The number of para-hydroxylation sites is 1. The zero-order valence-corrected chi connectivity index (χ0v) is 12.0. The molecular formula is C14H23ClN2. The number of nitrogens with one attached hydrogen (secondary N) is 1. The molecule has 1 N–H and O–H groups in total. The van der Waals surface area contributed by atoms with Crippen LogP contribution >= 0.6 is 11.6 Å². The highest BCUT2D eigenvalue weighted by Crippen LogP contribution is 2.30. The molecule has 0 amide bonds. The molecule has 0 aliphatic heterocycles. The van der Waals surface area contributed by atoms with E-state index >= 15 is 0 Å². The number of benzene rings is 1. The molecule has 0 fully saturated rings. The number of hydrogen-bond acceptors (Lipinski definition) is 2. The molecule has 1 aromatic carbocycles. The summed E-state index contributed by atoms with van der Waals surface area (Å²) in [5.74, 6) is 0. The Morgan fingerprint density at radius 3 is 2.65 bits per heavy atom. The summed E-state index contributed by atoms with van der Waals surface area (Å²) in [4.78, 5) is 2.27. The van der Waals surface area contributed by atoms with E-state index < -0.39 is 0 Å². The third kappa shape index (κ3) is 3.62. The molecule has 0 bridgehead atoms. The van der Waals surface area contributed by atoms with Crippen LogP contribution in [0.25, 0.3) is 0 Å². The van der Waals surface area contributed by atoms with E-state index in [9.17, 15) is 0 Å². The van der Waals surface area contributed by atoms with Gasteiger partial charge in [0.25, 0.3) is 0 Å². The first-order valence-corrected chi connectivity index (χ1v) is 6.70. The molecular weight excluding hydrogens is 232 g/mol. The molecule has 0 aromatic heterocycles. The molecule has 17 heavy (non-hydrogen) atoms. The van der Waals surface area contributed by atoms with Gasteiger partial charge >= 0.3 is 0 Å². The molecule has 1 rings (SSSR count). The fourth-order valence-electron chi connectivity index (χ4n) is 1.85. The van der Waals surface area contributed by atoms with E-state index in [1.165, 1.54) is 5.56 Å². The SMILES string of the molecule is CCNCc1cccc(Cl)c1N(C)C(C)CC. The highest BCUT2D eigenvalue weighted by atomic mass is 35.5. The molecule has 0 saturated heterocycles. The molecule has 0 radical (unpaired) electrons. The summed E-state index contributed by atoms with van der Waals surface area (Å²) in [7, 11) is 2.12. The Bertz CT molecular complexity index is 352. The monoisotopic (exact) mass is 254 g/mol. The Morgan fingerprint density at radius 1 is 1.35 bits per heavy atom. The van der Waals surface area contributed by atoms with Gasteiger partial charge in [0.1, 0.15) is 0 Å². The number of hydrogen-bond donors (Lipinski definition) is 1. The Balaban J connectivity index is 3.02. The van der Waals surface area contributed by atoms with Gasteiger partial charge in [0.15, 0.2) is 0 Å². The molecule has 1 unspecified atom stereocenters. The second kappa shape index (κ2) is 6.87. The minimum Gasteiger partial charge on any atom is -0.370 e. The first-order valence-electron chi connectivity index (χ1n) is 6.32. The van der Waals surface area contributed by atoms with Crippen LogP contribution in [0.3, 0.4) is 0 Å². The minimum absolute atomic E-state index is 0.496. The molecule has 0 saturated carbocycles. The predicted molar refractivity (Wildman–Crippen MR) is 77.0 cm³/mol. The second-order valence-corrected chi connectivity index (χ2v) is 4.80. The quantitative estimate of drug-likeness (QED) is 0.833. The van der Waals surface area contributed by atoms with Gasteiger partial charge in [-0.3, -0.25) is 0 Å². The van der Waals surface area contributed by atoms with Crippen molar-refractivity contribution in [3.05, 3.63) is 28.8 Å². The molecule has 0 aliphatic carbocycles. The van der Waals surface area contributed by atoms with Crippen molar-refractivity contribution in [3.8, 4) is 0 Å².